The molecule has 0 saturated heterocycles. The van der Waals surface area contributed by atoms with E-state index in [1.54, 1.807) is 0 Å². The molecule has 1 heterocycles. The van der Waals surface area contributed by atoms with E-state index >= 15 is 0 Å². The molecule has 90 valence electrons. The first-order chi connectivity index (χ1) is 7.69. The zero-order valence-electron chi connectivity index (χ0n) is 10.0. The number of aromatic nitrogens is 2. The predicted octanol–water partition coefficient (Wildman–Crippen LogP) is 2.45. The number of ether oxygens (including phenoxy) is 1. The highest BCUT2D eigenvalue weighted by atomic mass is 35.5. The first kappa shape index (κ1) is 13.2. The molecule has 0 unspecified atom stereocenters. The molecule has 0 aliphatic heterocycles. The van der Waals surface area contributed by atoms with E-state index in [1.165, 1.54) is 0 Å². The lowest BCUT2D eigenvalue weighted by molar-refractivity contribution is 0.158. The first-order valence-electron chi connectivity index (χ1n) is 5.53. The third-order valence-electron chi connectivity index (χ3n) is 2.19. The van der Waals surface area contributed by atoms with Crippen molar-refractivity contribution in [2.45, 2.75) is 27.2 Å². The van der Waals surface area contributed by atoms with Gasteiger partial charge in [0.25, 0.3) is 0 Å². The van der Waals surface area contributed by atoms with Crippen LogP contribution in [0.15, 0.2) is 0 Å². The molecule has 0 spiro atoms. The molecule has 1 aromatic heterocycles. The van der Waals surface area contributed by atoms with E-state index in [1.807, 2.05) is 20.8 Å². The van der Waals surface area contributed by atoms with Gasteiger partial charge < -0.3 is 10.1 Å². The number of hydrogen-bond donors (Lipinski definition) is 1. The van der Waals surface area contributed by atoms with Gasteiger partial charge in [-0.3, -0.25) is 0 Å². The van der Waals surface area contributed by atoms with Crippen LogP contribution in [0.25, 0.3) is 0 Å². The summed E-state index contributed by atoms with van der Waals surface area (Å²) in [5.41, 5.74) is 0.885. The average Bonchev–Trinajstić information content (AvgIpc) is 2.29. The molecule has 16 heavy (non-hydrogen) atoms. The molecule has 0 atom stereocenters. The van der Waals surface area contributed by atoms with Gasteiger partial charge in [0.15, 0.2) is 0 Å². The maximum atomic E-state index is 6.02. The van der Waals surface area contributed by atoms with Crippen molar-refractivity contribution in [2.24, 2.45) is 0 Å². The Bertz CT molecular complexity index is 344. The van der Waals surface area contributed by atoms with Gasteiger partial charge in [-0.25, -0.2) is 9.97 Å². The fraction of sp³-hybridized carbons (Fsp3) is 0.636. The van der Waals surface area contributed by atoms with Gasteiger partial charge in [-0.1, -0.05) is 18.5 Å². The van der Waals surface area contributed by atoms with Crippen molar-refractivity contribution >= 4 is 17.4 Å². The third-order valence-corrected chi connectivity index (χ3v) is 2.56. The SMILES string of the molecule is CCOCCNc1nc(CC)nc(Cl)c1C. The second-order valence-corrected chi connectivity index (χ2v) is 3.74. The smallest absolute Gasteiger partial charge is 0.137 e. The highest BCUT2D eigenvalue weighted by Gasteiger charge is 2.07. The summed E-state index contributed by atoms with van der Waals surface area (Å²) < 4.78 is 5.24. The van der Waals surface area contributed by atoms with Gasteiger partial charge in [0.1, 0.15) is 16.8 Å². The topological polar surface area (TPSA) is 47.0 Å². The van der Waals surface area contributed by atoms with Crippen molar-refractivity contribution in [2.75, 3.05) is 25.1 Å². The molecule has 0 aromatic carbocycles. The lowest BCUT2D eigenvalue weighted by atomic mass is 10.3. The van der Waals surface area contributed by atoms with E-state index in [0.717, 1.165) is 36.8 Å². The van der Waals surface area contributed by atoms with Crippen molar-refractivity contribution in [3.8, 4) is 0 Å². The molecule has 0 aliphatic rings. The zero-order valence-corrected chi connectivity index (χ0v) is 10.8. The van der Waals surface area contributed by atoms with Crippen molar-refractivity contribution in [3.63, 3.8) is 0 Å². The van der Waals surface area contributed by atoms with Crippen LogP contribution < -0.4 is 5.32 Å². The standard InChI is InChI=1S/C11H18ClN3O/c1-4-9-14-10(12)8(3)11(15-9)13-6-7-16-5-2/h4-7H2,1-3H3,(H,13,14,15). The fourth-order valence-corrected chi connectivity index (χ4v) is 1.44. The summed E-state index contributed by atoms with van der Waals surface area (Å²) in [7, 11) is 0. The highest BCUT2D eigenvalue weighted by molar-refractivity contribution is 6.30. The summed E-state index contributed by atoms with van der Waals surface area (Å²) in [6, 6.07) is 0. The summed E-state index contributed by atoms with van der Waals surface area (Å²) >= 11 is 6.02. The van der Waals surface area contributed by atoms with Crippen molar-refractivity contribution < 1.29 is 4.74 Å². The number of nitrogens with one attached hydrogen (secondary N) is 1. The van der Waals surface area contributed by atoms with Crippen LogP contribution >= 0.6 is 11.6 Å². The average molecular weight is 244 g/mol. The van der Waals surface area contributed by atoms with Crippen LogP contribution in [0.1, 0.15) is 25.2 Å². The van der Waals surface area contributed by atoms with Crippen molar-refractivity contribution in [1.29, 1.82) is 0 Å². The molecule has 0 aliphatic carbocycles. The number of anilines is 1. The molecular formula is C11H18ClN3O. The number of hydrogen-bond acceptors (Lipinski definition) is 4. The summed E-state index contributed by atoms with van der Waals surface area (Å²) in [5.74, 6) is 1.56. The van der Waals surface area contributed by atoms with Crippen LogP contribution in [0, 0.1) is 6.92 Å². The minimum atomic E-state index is 0.519. The van der Waals surface area contributed by atoms with Crippen LogP contribution in [0.4, 0.5) is 5.82 Å². The third kappa shape index (κ3) is 3.61. The normalized spacial score (nSPS) is 10.5. The van der Waals surface area contributed by atoms with E-state index in [9.17, 15) is 0 Å². The van der Waals surface area contributed by atoms with Crippen LogP contribution in [0.5, 0.6) is 0 Å². The van der Waals surface area contributed by atoms with E-state index in [4.69, 9.17) is 16.3 Å². The number of aryl methyl sites for hydroxylation is 1. The van der Waals surface area contributed by atoms with Gasteiger partial charge in [-0.15, -0.1) is 0 Å². The maximum Gasteiger partial charge on any atom is 0.137 e. The monoisotopic (exact) mass is 243 g/mol. The molecule has 0 radical (unpaired) electrons. The fourth-order valence-electron chi connectivity index (χ4n) is 1.25. The minimum absolute atomic E-state index is 0.519. The predicted molar refractivity (Wildman–Crippen MR) is 66.1 cm³/mol. The Morgan fingerprint density at radius 1 is 1.31 bits per heavy atom. The van der Waals surface area contributed by atoms with Crippen molar-refractivity contribution in [1.82, 2.24) is 9.97 Å². The quantitative estimate of drug-likeness (QED) is 0.616. The van der Waals surface area contributed by atoms with Gasteiger partial charge in [0.2, 0.25) is 0 Å². The lowest BCUT2D eigenvalue weighted by Crippen LogP contribution is -2.12. The van der Waals surface area contributed by atoms with E-state index in [-0.39, 0.29) is 0 Å². The van der Waals surface area contributed by atoms with Gasteiger partial charge in [-0.05, 0) is 13.8 Å². The molecule has 0 saturated carbocycles. The van der Waals surface area contributed by atoms with Crippen LogP contribution in [0.2, 0.25) is 5.15 Å². The first-order valence-corrected chi connectivity index (χ1v) is 5.91. The number of halogens is 1. The Morgan fingerprint density at radius 3 is 2.69 bits per heavy atom. The van der Waals surface area contributed by atoms with Crippen LogP contribution in [-0.2, 0) is 11.2 Å². The number of nitrogens with zero attached hydrogens (tertiary/aromatic N) is 2. The van der Waals surface area contributed by atoms with Crippen molar-refractivity contribution in [3.05, 3.63) is 16.5 Å². The Labute approximate surface area is 101 Å². The molecule has 4 nitrogen and oxygen atoms in total. The highest BCUT2D eigenvalue weighted by Crippen LogP contribution is 2.19. The molecular weight excluding hydrogens is 226 g/mol. The van der Waals surface area contributed by atoms with Gasteiger partial charge in [-0.2, -0.15) is 0 Å². The molecule has 0 fully saturated rings. The number of rotatable bonds is 6. The van der Waals surface area contributed by atoms with E-state index < -0.39 is 0 Å². The summed E-state index contributed by atoms with van der Waals surface area (Å²) in [6.07, 6.45) is 0.778. The van der Waals surface area contributed by atoms with Gasteiger partial charge in [0.05, 0.1) is 6.61 Å². The van der Waals surface area contributed by atoms with E-state index in [2.05, 4.69) is 15.3 Å². The zero-order chi connectivity index (χ0) is 12.0. The molecule has 0 amide bonds. The maximum absolute atomic E-state index is 6.02. The van der Waals surface area contributed by atoms with Crippen LogP contribution in [0.3, 0.4) is 0 Å². The second kappa shape index (κ2) is 6.66. The molecule has 0 bridgehead atoms. The lowest BCUT2D eigenvalue weighted by Gasteiger charge is -2.10. The second-order valence-electron chi connectivity index (χ2n) is 3.38. The Hall–Kier alpha value is -0.870. The molecule has 1 aromatic rings. The van der Waals surface area contributed by atoms with Gasteiger partial charge in [0, 0.05) is 25.1 Å². The van der Waals surface area contributed by atoms with Gasteiger partial charge >= 0.3 is 0 Å². The Kier molecular flexibility index (Phi) is 5.49. The Balaban J connectivity index is 2.66. The molecule has 1 N–H and O–H groups in total. The molecule has 5 heteroatoms. The molecule has 1 rings (SSSR count). The summed E-state index contributed by atoms with van der Waals surface area (Å²) in [4.78, 5) is 8.57. The van der Waals surface area contributed by atoms with E-state index in [0.29, 0.717) is 11.8 Å². The van der Waals surface area contributed by atoms with Crippen LogP contribution in [-0.4, -0.2) is 29.7 Å². The Morgan fingerprint density at radius 2 is 2.06 bits per heavy atom. The largest absolute Gasteiger partial charge is 0.380 e. The minimum Gasteiger partial charge on any atom is -0.380 e. The summed E-state index contributed by atoms with van der Waals surface area (Å²) in [6.45, 7) is 8.01. The summed E-state index contributed by atoms with van der Waals surface area (Å²) in [5, 5.41) is 3.72.